The minimum atomic E-state index is -3.45. The minimum absolute atomic E-state index is 0.0294. The van der Waals surface area contributed by atoms with Crippen molar-refractivity contribution in [2.24, 2.45) is 0 Å². The molecule has 0 fully saturated rings. The molecule has 0 unspecified atom stereocenters. The number of anilines is 2. The van der Waals surface area contributed by atoms with Gasteiger partial charge < -0.3 is 10.5 Å². The summed E-state index contributed by atoms with van der Waals surface area (Å²) in [7, 11) is -3.45. The van der Waals surface area contributed by atoms with E-state index in [0.717, 1.165) is 10.9 Å². The average molecular weight is 296 g/mol. The number of sulfonamides is 1. The van der Waals surface area contributed by atoms with Crippen LogP contribution in [-0.2, 0) is 10.0 Å². The summed E-state index contributed by atoms with van der Waals surface area (Å²) < 4.78 is 30.1. The van der Waals surface area contributed by atoms with Gasteiger partial charge in [-0.25, -0.2) is 13.2 Å². The standard InChI is InChI=1S/C11H12N4O4S/c1-20(17,18)14-10-6-7-15(13-10)11(16)19-9-4-2-8(12)3-5-9/h2-7H,12H2,1H3,(H,13,14). The van der Waals surface area contributed by atoms with E-state index in [2.05, 4.69) is 9.82 Å². The van der Waals surface area contributed by atoms with Crippen LogP contribution in [0.3, 0.4) is 0 Å². The number of nitrogens with one attached hydrogen (secondary N) is 1. The third-order valence-electron chi connectivity index (χ3n) is 2.15. The number of rotatable bonds is 3. The zero-order chi connectivity index (χ0) is 14.8. The number of aromatic nitrogens is 2. The maximum Gasteiger partial charge on any atom is 0.440 e. The molecule has 8 nitrogen and oxygen atoms in total. The number of ether oxygens (including phenoxy) is 1. The molecule has 20 heavy (non-hydrogen) atoms. The summed E-state index contributed by atoms with van der Waals surface area (Å²) in [4.78, 5) is 11.7. The molecule has 1 heterocycles. The molecule has 0 spiro atoms. The summed E-state index contributed by atoms with van der Waals surface area (Å²) in [5.41, 5.74) is 6.05. The monoisotopic (exact) mass is 296 g/mol. The van der Waals surface area contributed by atoms with Crippen LogP contribution in [0.15, 0.2) is 36.5 Å². The summed E-state index contributed by atoms with van der Waals surface area (Å²) >= 11 is 0. The van der Waals surface area contributed by atoms with Crippen molar-refractivity contribution in [3.8, 4) is 5.75 Å². The lowest BCUT2D eigenvalue weighted by atomic mass is 10.3. The molecule has 2 aromatic rings. The van der Waals surface area contributed by atoms with Crippen molar-refractivity contribution in [1.29, 1.82) is 0 Å². The first-order chi connectivity index (χ1) is 9.33. The van der Waals surface area contributed by atoms with Gasteiger partial charge in [-0.1, -0.05) is 0 Å². The fourth-order valence-electron chi connectivity index (χ4n) is 1.35. The first-order valence-electron chi connectivity index (χ1n) is 5.45. The van der Waals surface area contributed by atoms with E-state index in [1.807, 2.05) is 0 Å². The number of hydrogen-bond acceptors (Lipinski definition) is 6. The predicted molar refractivity (Wildman–Crippen MR) is 73.0 cm³/mol. The van der Waals surface area contributed by atoms with Crippen molar-refractivity contribution >= 4 is 27.6 Å². The summed E-state index contributed by atoms with van der Waals surface area (Å²) in [5, 5.41) is 3.74. The van der Waals surface area contributed by atoms with E-state index in [0.29, 0.717) is 11.4 Å². The molecule has 0 aliphatic rings. The highest BCUT2D eigenvalue weighted by atomic mass is 32.2. The van der Waals surface area contributed by atoms with Gasteiger partial charge in [0, 0.05) is 18.0 Å². The van der Waals surface area contributed by atoms with Crippen LogP contribution in [0.2, 0.25) is 0 Å². The number of nitrogens with zero attached hydrogens (tertiary/aromatic N) is 2. The van der Waals surface area contributed by atoms with Crippen molar-refractivity contribution in [2.45, 2.75) is 0 Å². The van der Waals surface area contributed by atoms with Gasteiger partial charge in [0.25, 0.3) is 0 Å². The largest absolute Gasteiger partial charge is 0.440 e. The highest BCUT2D eigenvalue weighted by Gasteiger charge is 2.11. The topological polar surface area (TPSA) is 116 Å². The molecular formula is C11H12N4O4S. The van der Waals surface area contributed by atoms with Gasteiger partial charge in [0.05, 0.1) is 6.26 Å². The Bertz CT molecular complexity index is 721. The van der Waals surface area contributed by atoms with Gasteiger partial charge in [-0.05, 0) is 24.3 Å². The van der Waals surface area contributed by atoms with Crippen molar-refractivity contribution in [3.63, 3.8) is 0 Å². The van der Waals surface area contributed by atoms with Gasteiger partial charge >= 0.3 is 6.09 Å². The van der Waals surface area contributed by atoms with Gasteiger partial charge in [0.15, 0.2) is 5.82 Å². The first kappa shape index (κ1) is 13.9. The normalized spacial score (nSPS) is 11.1. The van der Waals surface area contributed by atoms with Crippen LogP contribution in [0.1, 0.15) is 0 Å². The second-order valence-electron chi connectivity index (χ2n) is 3.96. The van der Waals surface area contributed by atoms with Crippen LogP contribution in [-0.4, -0.2) is 30.5 Å². The van der Waals surface area contributed by atoms with Crippen LogP contribution in [0, 0.1) is 0 Å². The number of nitrogen functional groups attached to an aromatic ring is 1. The molecule has 0 bridgehead atoms. The quantitative estimate of drug-likeness (QED) is 0.812. The Balaban J connectivity index is 2.08. The van der Waals surface area contributed by atoms with Crippen LogP contribution >= 0.6 is 0 Å². The van der Waals surface area contributed by atoms with Crippen molar-refractivity contribution in [1.82, 2.24) is 9.78 Å². The predicted octanol–water partition coefficient (Wildman–Crippen LogP) is 0.884. The molecule has 0 saturated heterocycles. The minimum Gasteiger partial charge on any atom is -0.409 e. The molecule has 2 rings (SSSR count). The second kappa shape index (κ2) is 5.21. The SMILES string of the molecule is CS(=O)(=O)Nc1ccn(C(=O)Oc2ccc(N)cc2)n1. The Morgan fingerprint density at radius 2 is 1.95 bits per heavy atom. The molecule has 0 atom stereocenters. The van der Waals surface area contributed by atoms with Gasteiger partial charge in [-0.3, -0.25) is 4.72 Å². The van der Waals surface area contributed by atoms with E-state index in [9.17, 15) is 13.2 Å². The van der Waals surface area contributed by atoms with Crippen molar-refractivity contribution in [2.75, 3.05) is 16.7 Å². The molecule has 1 aromatic carbocycles. The number of hydrogen-bond donors (Lipinski definition) is 2. The van der Waals surface area contributed by atoms with Gasteiger partial charge in [-0.15, -0.1) is 5.10 Å². The highest BCUT2D eigenvalue weighted by molar-refractivity contribution is 7.92. The Labute approximate surface area is 115 Å². The number of benzene rings is 1. The number of nitrogens with two attached hydrogens (primary N) is 1. The molecule has 106 valence electrons. The van der Waals surface area contributed by atoms with E-state index in [-0.39, 0.29) is 5.82 Å². The van der Waals surface area contributed by atoms with Crippen molar-refractivity contribution < 1.29 is 17.9 Å². The highest BCUT2D eigenvalue weighted by Crippen LogP contribution is 2.14. The third kappa shape index (κ3) is 3.72. The Hall–Kier alpha value is -2.55. The zero-order valence-corrected chi connectivity index (χ0v) is 11.3. The lowest BCUT2D eigenvalue weighted by Gasteiger charge is -2.04. The smallest absolute Gasteiger partial charge is 0.409 e. The fourth-order valence-corrected chi connectivity index (χ4v) is 1.84. The summed E-state index contributed by atoms with van der Waals surface area (Å²) in [6.45, 7) is 0. The van der Waals surface area contributed by atoms with E-state index < -0.39 is 16.1 Å². The summed E-state index contributed by atoms with van der Waals surface area (Å²) in [6, 6.07) is 7.58. The third-order valence-corrected chi connectivity index (χ3v) is 2.73. The van der Waals surface area contributed by atoms with E-state index in [1.165, 1.54) is 24.4 Å². The van der Waals surface area contributed by atoms with E-state index >= 15 is 0 Å². The lowest BCUT2D eigenvalue weighted by molar-refractivity contribution is 0.199. The van der Waals surface area contributed by atoms with Gasteiger partial charge in [-0.2, -0.15) is 4.68 Å². The maximum atomic E-state index is 11.7. The fraction of sp³-hybridized carbons (Fsp3) is 0.0909. The lowest BCUT2D eigenvalue weighted by Crippen LogP contribution is -2.18. The van der Waals surface area contributed by atoms with Gasteiger partial charge in [0.2, 0.25) is 10.0 Å². The first-order valence-corrected chi connectivity index (χ1v) is 7.34. The molecule has 0 aliphatic heterocycles. The Morgan fingerprint density at radius 3 is 2.55 bits per heavy atom. The molecule has 9 heteroatoms. The van der Waals surface area contributed by atoms with E-state index in [4.69, 9.17) is 10.5 Å². The molecule has 3 N–H and O–H groups in total. The van der Waals surface area contributed by atoms with E-state index in [1.54, 1.807) is 12.1 Å². The van der Waals surface area contributed by atoms with Crippen LogP contribution in [0.5, 0.6) is 5.75 Å². The van der Waals surface area contributed by atoms with Crippen LogP contribution < -0.4 is 15.2 Å². The summed E-state index contributed by atoms with van der Waals surface area (Å²) in [5.74, 6) is 0.332. The van der Waals surface area contributed by atoms with Crippen LogP contribution in [0.25, 0.3) is 0 Å². The molecule has 0 radical (unpaired) electrons. The zero-order valence-electron chi connectivity index (χ0n) is 10.5. The van der Waals surface area contributed by atoms with Crippen molar-refractivity contribution in [3.05, 3.63) is 36.5 Å². The molecule has 0 aliphatic carbocycles. The molecular weight excluding hydrogens is 284 g/mol. The molecule has 0 saturated carbocycles. The number of carbonyl (C=O) groups is 1. The Morgan fingerprint density at radius 1 is 1.30 bits per heavy atom. The average Bonchev–Trinajstić information content (AvgIpc) is 2.78. The van der Waals surface area contributed by atoms with Crippen LogP contribution in [0.4, 0.5) is 16.3 Å². The van der Waals surface area contributed by atoms with Gasteiger partial charge in [0.1, 0.15) is 5.75 Å². The number of carbonyl (C=O) groups excluding carboxylic acids is 1. The Kier molecular flexibility index (Phi) is 3.61. The maximum absolute atomic E-state index is 11.7. The second-order valence-corrected chi connectivity index (χ2v) is 5.71. The molecule has 0 amide bonds. The summed E-state index contributed by atoms with van der Waals surface area (Å²) in [6.07, 6.45) is 1.50. The molecule has 1 aromatic heterocycles.